The number of nitrogens with one attached hydrogen (secondary N) is 1. The van der Waals surface area contributed by atoms with Gasteiger partial charge >= 0.3 is 0 Å². The number of pyridine rings is 1. The number of benzene rings is 1. The molecule has 0 fully saturated rings. The van der Waals surface area contributed by atoms with Crippen LogP contribution in [-0.4, -0.2) is 11.5 Å². The van der Waals surface area contributed by atoms with Gasteiger partial charge in [0.2, 0.25) is 0 Å². The molecule has 0 atom stereocenters. The van der Waals surface area contributed by atoms with Gasteiger partial charge in [0.05, 0.1) is 5.52 Å². The van der Waals surface area contributed by atoms with Crippen LogP contribution in [-0.2, 0) is 0 Å². The number of hydrogen-bond donors (Lipinski definition) is 1. The van der Waals surface area contributed by atoms with Crippen LogP contribution in [0.25, 0.3) is 10.9 Å². The molecule has 84 valence electrons. The highest BCUT2D eigenvalue weighted by Crippen LogP contribution is 2.24. The third kappa shape index (κ3) is 2.45. The summed E-state index contributed by atoms with van der Waals surface area (Å²) in [4.78, 5) is 4.54. The average Bonchev–Trinajstić information content (AvgIpc) is 2.26. The summed E-state index contributed by atoms with van der Waals surface area (Å²) in [5.74, 6) is 0. The third-order valence-corrected chi connectivity index (χ3v) is 3.14. The van der Waals surface area contributed by atoms with Gasteiger partial charge in [0.25, 0.3) is 0 Å². The van der Waals surface area contributed by atoms with Gasteiger partial charge in [-0.3, -0.25) is 4.98 Å². The largest absolute Gasteiger partial charge is 0.384 e. The van der Waals surface area contributed by atoms with Gasteiger partial charge in [0.15, 0.2) is 0 Å². The molecule has 0 amide bonds. The molecule has 0 aliphatic heterocycles. The molecule has 2 aromatic rings. The van der Waals surface area contributed by atoms with Crippen molar-refractivity contribution in [2.75, 3.05) is 11.9 Å². The fraction of sp³-hybridized carbons (Fsp3) is 0.308. The van der Waals surface area contributed by atoms with Crippen molar-refractivity contribution in [1.82, 2.24) is 4.98 Å². The van der Waals surface area contributed by atoms with E-state index in [1.165, 1.54) is 14.6 Å². The molecule has 2 rings (SSSR count). The number of anilines is 1. The lowest BCUT2D eigenvalue weighted by Gasteiger charge is -2.10. The summed E-state index contributed by atoms with van der Waals surface area (Å²) in [7, 11) is 0. The lowest BCUT2D eigenvalue weighted by Crippen LogP contribution is -2.01. The second-order valence-electron chi connectivity index (χ2n) is 3.90. The van der Waals surface area contributed by atoms with Crippen LogP contribution in [0, 0.1) is 10.5 Å². The van der Waals surface area contributed by atoms with Crippen molar-refractivity contribution in [3.8, 4) is 0 Å². The Bertz CT molecular complexity index is 509. The predicted molar refractivity (Wildman–Crippen MR) is 78.0 cm³/mol. The molecule has 1 N–H and O–H groups in total. The van der Waals surface area contributed by atoms with Gasteiger partial charge in [-0.25, -0.2) is 0 Å². The number of aromatic nitrogens is 1. The summed E-state index contributed by atoms with van der Waals surface area (Å²) < 4.78 is 1.25. The Morgan fingerprint density at radius 2 is 2.12 bits per heavy atom. The van der Waals surface area contributed by atoms with E-state index in [0.717, 1.165) is 24.2 Å². The van der Waals surface area contributed by atoms with E-state index in [-0.39, 0.29) is 0 Å². The lowest BCUT2D eigenvalue weighted by molar-refractivity contribution is 0.980. The lowest BCUT2D eigenvalue weighted by atomic mass is 10.1. The molecule has 16 heavy (non-hydrogen) atoms. The second-order valence-corrected chi connectivity index (χ2v) is 5.15. The number of nitrogens with zero attached hydrogens (tertiary/aromatic N) is 1. The topological polar surface area (TPSA) is 24.9 Å². The summed E-state index contributed by atoms with van der Waals surface area (Å²) in [6.07, 6.45) is 1.13. The monoisotopic (exact) mass is 326 g/mol. The zero-order valence-electron chi connectivity index (χ0n) is 9.55. The Hall–Kier alpha value is -0.840. The first-order valence-corrected chi connectivity index (χ1v) is 6.59. The van der Waals surface area contributed by atoms with E-state index in [1.807, 2.05) is 6.92 Å². The van der Waals surface area contributed by atoms with Crippen LogP contribution >= 0.6 is 22.6 Å². The van der Waals surface area contributed by atoms with E-state index < -0.39 is 0 Å². The first-order chi connectivity index (χ1) is 7.70. The second kappa shape index (κ2) is 4.99. The van der Waals surface area contributed by atoms with Gasteiger partial charge in [-0.05, 0) is 60.2 Å². The van der Waals surface area contributed by atoms with Crippen molar-refractivity contribution < 1.29 is 0 Å². The molecular weight excluding hydrogens is 311 g/mol. The Morgan fingerprint density at radius 3 is 2.88 bits per heavy atom. The Morgan fingerprint density at radius 1 is 1.31 bits per heavy atom. The highest BCUT2D eigenvalue weighted by Gasteiger charge is 2.03. The Labute approximate surface area is 110 Å². The average molecular weight is 326 g/mol. The van der Waals surface area contributed by atoms with Crippen LogP contribution in [0.5, 0.6) is 0 Å². The highest BCUT2D eigenvalue weighted by molar-refractivity contribution is 14.1. The minimum atomic E-state index is 1.00. The molecule has 1 aromatic carbocycles. The van der Waals surface area contributed by atoms with Crippen LogP contribution in [0.3, 0.4) is 0 Å². The van der Waals surface area contributed by atoms with Crippen LogP contribution in [0.15, 0.2) is 24.3 Å². The molecular formula is C13H15IN2. The third-order valence-electron chi connectivity index (χ3n) is 2.46. The highest BCUT2D eigenvalue weighted by atomic mass is 127. The molecule has 3 heteroatoms. The summed E-state index contributed by atoms with van der Waals surface area (Å²) >= 11 is 2.34. The summed E-state index contributed by atoms with van der Waals surface area (Å²) in [6, 6.07) is 8.48. The van der Waals surface area contributed by atoms with Crippen molar-refractivity contribution in [3.63, 3.8) is 0 Å². The molecule has 0 radical (unpaired) electrons. The fourth-order valence-corrected chi connectivity index (χ4v) is 2.23. The molecule has 2 nitrogen and oxygen atoms in total. The standard InChI is InChI=1S/C13H15IN2/c1-3-6-15-13-7-9(2)16-12-5-4-10(14)8-11(12)13/h4-5,7-8H,3,6H2,1-2H3,(H,15,16). The molecule has 0 saturated carbocycles. The van der Waals surface area contributed by atoms with Crippen LogP contribution < -0.4 is 5.32 Å². The van der Waals surface area contributed by atoms with E-state index in [0.29, 0.717) is 0 Å². The normalized spacial score (nSPS) is 10.7. The van der Waals surface area contributed by atoms with Gasteiger partial charge in [0.1, 0.15) is 0 Å². The van der Waals surface area contributed by atoms with Crippen molar-refractivity contribution >= 4 is 39.2 Å². The molecule has 0 aliphatic rings. The molecule has 0 bridgehead atoms. The van der Waals surface area contributed by atoms with Crippen LogP contribution in [0.2, 0.25) is 0 Å². The van der Waals surface area contributed by atoms with Gasteiger partial charge < -0.3 is 5.32 Å². The molecule has 1 heterocycles. The predicted octanol–water partition coefficient (Wildman–Crippen LogP) is 3.97. The van der Waals surface area contributed by atoms with E-state index in [4.69, 9.17) is 0 Å². The number of halogens is 1. The zero-order valence-corrected chi connectivity index (χ0v) is 11.7. The van der Waals surface area contributed by atoms with Gasteiger partial charge in [-0.2, -0.15) is 0 Å². The molecule has 0 saturated heterocycles. The molecule has 1 aromatic heterocycles. The Balaban J connectivity index is 2.55. The fourth-order valence-electron chi connectivity index (χ4n) is 1.74. The molecule has 0 aliphatic carbocycles. The van der Waals surface area contributed by atoms with E-state index in [2.05, 4.69) is 64.1 Å². The summed E-state index contributed by atoms with van der Waals surface area (Å²) in [6.45, 7) is 5.21. The quantitative estimate of drug-likeness (QED) is 0.864. The van der Waals surface area contributed by atoms with Crippen LogP contribution in [0.1, 0.15) is 19.0 Å². The molecule has 0 spiro atoms. The molecule has 0 unspecified atom stereocenters. The number of aryl methyl sites for hydroxylation is 1. The van der Waals surface area contributed by atoms with E-state index >= 15 is 0 Å². The van der Waals surface area contributed by atoms with E-state index in [1.54, 1.807) is 0 Å². The SMILES string of the molecule is CCCNc1cc(C)nc2ccc(I)cc12. The minimum absolute atomic E-state index is 1.00. The van der Waals surface area contributed by atoms with Crippen molar-refractivity contribution in [2.24, 2.45) is 0 Å². The van der Waals surface area contributed by atoms with Crippen molar-refractivity contribution in [2.45, 2.75) is 20.3 Å². The summed E-state index contributed by atoms with van der Waals surface area (Å²) in [5, 5.41) is 4.68. The number of fused-ring (bicyclic) bond motifs is 1. The van der Waals surface area contributed by atoms with Crippen molar-refractivity contribution in [1.29, 1.82) is 0 Å². The smallest absolute Gasteiger partial charge is 0.0726 e. The minimum Gasteiger partial charge on any atom is -0.384 e. The van der Waals surface area contributed by atoms with Gasteiger partial charge in [-0.1, -0.05) is 6.92 Å². The van der Waals surface area contributed by atoms with Gasteiger partial charge in [0, 0.05) is 26.9 Å². The van der Waals surface area contributed by atoms with Gasteiger partial charge in [-0.15, -0.1) is 0 Å². The first-order valence-electron chi connectivity index (χ1n) is 5.51. The van der Waals surface area contributed by atoms with Crippen LogP contribution in [0.4, 0.5) is 5.69 Å². The number of hydrogen-bond acceptors (Lipinski definition) is 2. The van der Waals surface area contributed by atoms with Crippen molar-refractivity contribution in [3.05, 3.63) is 33.5 Å². The maximum absolute atomic E-state index is 4.54. The number of rotatable bonds is 3. The summed E-state index contributed by atoms with van der Waals surface area (Å²) in [5.41, 5.74) is 3.33. The Kier molecular flexibility index (Phi) is 3.63. The zero-order chi connectivity index (χ0) is 11.5. The maximum Gasteiger partial charge on any atom is 0.0726 e. The van der Waals surface area contributed by atoms with E-state index in [9.17, 15) is 0 Å². The maximum atomic E-state index is 4.54. The first kappa shape index (κ1) is 11.6.